The lowest BCUT2D eigenvalue weighted by Crippen LogP contribution is -2.57. The minimum absolute atomic E-state index is 0.302. The molecule has 1 aromatic rings. The van der Waals surface area contributed by atoms with Crippen LogP contribution in [0.4, 0.5) is 0 Å². The third-order valence-electron chi connectivity index (χ3n) is 3.80. The molecule has 0 radical (unpaired) electrons. The second-order valence-electron chi connectivity index (χ2n) is 5.13. The van der Waals surface area contributed by atoms with Crippen molar-refractivity contribution in [3.63, 3.8) is 0 Å². The topological polar surface area (TPSA) is 32.3 Å². The van der Waals surface area contributed by atoms with Crippen LogP contribution in [0.5, 0.6) is 0 Å². The minimum Gasteiger partial charge on any atom is -0.337 e. The number of aryl methyl sites for hydroxylation is 1. The van der Waals surface area contributed by atoms with Crippen LogP contribution in [0, 0.1) is 0 Å². The highest BCUT2D eigenvalue weighted by Gasteiger charge is 2.27. The van der Waals surface area contributed by atoms with Crippen LogP contribution in [0.3, 0.4) is 0 Å². The zero-order valence-corrected chi connectivity index (χ0v) is 13.9. The van der Waals surface area contributed by atoms with Crippen molar-refractivity contribution >= 4 is 33.2 Å². The van der Waals surface area contributed by atoms with Crippen LogP contribution in [-0.2, 0) is 11.2 Å². The van der Waals surface area contributed by atoms with E-state index in [9.17, 15) is 4.79 Å². The summed E-state index contributed by atoms with van der Waals surface area (Å²) in [5, 5.41) is 3.40. The molecule has 1 amide bonds. The lowest BCUT2D eigenvalue weighted by Gasteiger charge is -2.38. The monoisotopic (exact) mass is 344 g/mol. The van der Waals surface area contributed by atoms with Gasteiger partial charge in [-0.25, -0.2) is 0 Å². The fraction of sp³-hybridized carbons (Fsp3) is 0.643. The zero-order chi connectivity index (χ0) is 13.8. The van der Waals surface area contributed by atoms with Crippen LogP contribution in [-0.4, -0.2) is 36.0 Å². The Morgan fingerprint density at radius 3 is 3.00 bits per heavy atom. The van der Waals surface area contributed by atoms with E-state index in [1.807, 2.05) is 4.90 Å². The number of hydrogen-bond acceptors (Lipinski definition) is 3. The van der Waals surface area contributed by atoms with E-state index in [0.717, 1.165) is 25.9 Å². The van der Waals surface area contributed by atoms with Gasteiger partial charge in [-0.3, -0.25) is 4.79 Å². The summed E-state index contributed by atoms with van der Waals surface area (Å²) < 4.78 is 1.17. The van der Waals surface area contributed by atoms with Crippen molar-refractivity contribution in [1.82, 2.24) is 10.2 Å². The van der Waals surface area contributed by atoms with Gasteiger partial charge in [-0.2, -0.15) is 0 Å². The van der Waals surface area contributed by atoms with Gasteiger partial charge in [0.1, 0.15) is 0 Å². The van der Waals surface area contributed by atoms with Gasteiger partial charge in [0.25, 0.3) is 0 Å². The number of halogens is 1. The Morgan fingerprint density at radius 2 is 2.32 bits per heavy atom. The van der Waals surface area contributed by atoms with Gasteiger partial charge in [0.15, 0.2) is 0 Å². The van der Waals surface area contributed by atoms with Crippen molar-refractivity contribution in [3.8, 4) is 0 Å². The van der Waals surface area contributed by atoms with Gasteiger partial charge in [-0.1, -0.05) is 0 Å². The third kappa shape index (κ3) is 4.04. The molecule has 5 heteroatoms. The molecule has 2 heterocycles. The van der Waals surface area contributed by atoms with E-state index in [0.29, 0.717) is 24.4 Å². The van der Waals surface area contributed by atoms with Crippen molar-refractivity contribution < 1.29 is 4.79 Å². The smallest absolute Gasteiger partial charge is 0.222 e. The molecule has 19 heavy (non-hydrogen) atoms. The lowest BCUT2D eigenvalue weighted by molar-refractivity contribution is -0.134. The largest absolute Gasteiger partial charge is 0.337 e. The van der Waals surface area contributed by atoms with E-state index in [1.165, 1.54) is 8.66 Å². The molecule has 0 aromatic carbocycles. The van der Waals surface area contributed by atoms with E-state index in [2.05, 4.69) is 47.2 Å². The Balaban J connectivity index is 1.77. The van der Waals surface area contributed by atoms with Crippen molar-refractivity contribution in [3.05, 3.63) is 20.8 Å². The summed E-state index contributed by atoms with van der Waals surface area (Å²) >= 11 is 5.22. The zero-order valence-electron chi connectivity index (χ0n) is 11.5. The normalized spacial score (nSPS) is 23.6. The molecular weight excluding hydrogens is 324 g/mol. The van der Waals surface area contributed by atoms with Crippen LogP contribution >= 0.6 is 27.3 Å². The Hall–Kier alpha value is -0.390. The maximum Gasteiger partial charge on any atom is 0.222 e. The van der Waals surface area contributed by atoms with Gasteiger partial charge in [0, 0.05) is 36.5 Å². The fourth-order valence-corrected chi connectivity index (χ4v) is 3.98. The van der Waals surface area contributed by atoms with Gasteiger partial charge < -0.3 is 10.2 Å². The number of hydrogen-bond donors (Lipinski definition) is 1. The molecule has 1 N–H and O–H groups in total. The van der Waals surface area contributed by atoms with Crippen LogP contribution in [0.1, 0.15) is 31.6 Å². The Kier molecular flexibility index (Phi) is 5.42. The number of piperazine rings is 1. The van der Waals surface area contributed by atoms with Gasteiger partial charge in [0.05, 0.1) is 3.79 Å². The van der Waals surface area contributed by atoms with Crippen LogP contribution in [0.2, 0.25) is 0 Å². The molecule has 0 bridgehead atoms. The van der Waals surface area contributed by atoms with E-state index in [-0.39, 0.29) is 0 Å². The molecule has 2 rings (SSSR count). The predicted molar refractivity (Wildman–Crippen MR) is 83.6 cm³/mol. The summed E-state index contributed by atoms with van der Waals surface area (Å²) in [7, 11) is 0. The molecule has 0 spiro atoms. The van der Waals surface area contributed by atoms with Gasteiger partial charge in [0.2, 0.25) is 5.91 Å². The average Bonchev–Trinajstić information content (AvgIpc) is 2.78. The highest BCUT2D eigenvalue weighted by atomic mass is 79.9. The van der Waals surface area contributed by atoms with E-state index >= 15 is 0 Å². The molecule has 0 aliphatic carbocycles. The first-order valence-corrected chi connectivity index (χ1v) is 8.46. The summed E-state index contributed by atoms with van der Waals surface area (Å²) in [6, 6.07) is 4.90. The van der Waals surface area contributed by atoms with E-state index in [1.54, 1.807) is 11.3 Å². The summed E-state index contributed by atoms with van der Waals surface area (Å²) in [5.74, 6) is 0.302. The number of carbonyl (C=O) groups excluding carboxylic acids is 1. The van der Waals surface area contributed by atoms with E-state index in [4.69, 9.17) is 0 Å². The summed E-state index contributed by atoms with van der Waals surface area (Å²) in [4.78, 5) is 15.6. The SMILES string of the molecule is CC1NCCN(C(=O)CCCc2ccc(Br)s2)C1C. The van der Waals surface area contributed by atoms with Gasteiger partial charge >= 0.3 is 0 Å². The van der Waals surface area contributed by atoms with Crippen molar-refractivity contribution in [2.75, 3.05) is 13.1 Å². The van der Waals surface area contributed by atoms with Crippen molar-refractivity contribution in [2.24, 2.45) is 0 Å². The molecule has 1 fully saturated rings. The quantitative estimate of drug-likeness (QED) is 0.910. The highest BCUT2D eigenvalue weighted by Crippen LogP contribution is 2.23. The Bertz CT molecular complexity index is 435. The second-order valence-corrected chi connectivity index (χ2v) is 7.68. The number of carbonyl (C=O) groups is 1. The highest BCUT2D eigenvalue weighted by molar-refractivity contribution is 9.11. The van der Waals surface area contributed by atoms with Gasteiger partial charge in [-0.15, -0.1) is 11.3 Å². The van der Waals surface area contributed by atoms with Crippen molar-refractivity contribution in [1.29, 1.82) is 0 Å². The first-order chi connectivity index (χ1) is 9.08. The van der Waals surface area contributed by atoms with Crippen molar-refractivity contribution in [2.45, 2.75) is 45.2 Å². The van der Waals surface area contributed by atoms with Crippen LogP contribution in [0.25, 0.3) is 0 Å². The molecule has 106 valence electrons. The molecule has 2 atom stereocenters. The summed E-state index contributed by atoms with van der Waals surface area (Å²) in [6.45, 7) is 6.03. The standard InChI is InChI=1S/C14H21BrN2OS/c1-10-11(2)17(9-8-16-10)14(18)5-3-4-12-6-7-13(15)19-12/h6-7,10-11,16H,3-5,8-9H2,1-2H3. The predicted octanol–water partition coefficient (Wildman–Crippen LogP) is 3.04. The molecule has 2 unspecified atom stereocenters. The first-order valence-electron chi connectivity index (χ1n) is 6.85. The molecule has 1 aliphatic heterocycles. The maximum atomic E-state index is 12.2. The average molecular weight is 345 g/mol. The number of amides is 1. The molecular formula is C14H21BrN2OS. The van der Waals surface area contributed by atoms with Gasteiger partial charge in [-0.05, 0) is 54.8 Å². The molecule has 1 aliphatic rings. The molecule has 1 saturated heterocycles. The third-order valence-corrected chi connectivity index (χ3v) is 5.48. The summed E-state index contributed by atoms with van der Waals surface area (Å²) in [5.41, 5.74) is 0. The maximum absolute atomic E-state index is 12.2. The molecule has 1 aromatic heterocycles. The molecule has 3 nitrogen and oxygen atoms in total. The van der Waals surface area contributed by atoms with E-state index < -0.39 is 0 Å². The van der Waals surface area contributed by atoms with Crippen LogP contribution in [0.15, 0.2) is 15.9 Å². The first kappa shape index (κ1) is 15.0. The number of rotatable bonds is 4. The number of nitrogens with zero attached hydrogens (tertiary/aromatic N) is 1. The summed E-state index contributed by atoms with van der Waals surface area (Å²) in [6.07, 6.45) is 2.60. The fourth-order valence-electron chi connectivity index (χ4n) is 2.45. The molecule has 0 saturated carbocycles. The Morgan fingerprint density at radius 1 is 1.53 bits per heavy atom. The second kappa shape index (κ2) is 6.86. The number of nitrogens with one attached hydrogen (secondary N) is 1. The van der Waals surface area contributed by atoms with Crippen LogP contribution < -0.4 is 5.32 Å². The Labute approximate surface area is 127 Å². The number of thiophene rings is 1. The minimum atomic E-state index is 0.302. The lowest BCUT2D eigenvalue weighted by atomic mass is 10.1.